The fourth-order valence-corrected chi connectivity index (χ4v) is 2.90. The molecule has 0 spiro atoms. The average molecular weight is 303 g/mol. The Morgan fingerprint density at radius 1 is 1.00 bits per heavy atom. The SMILES string of the molecule is N#Cc1cccc(Sc2ccnc(Cc3ccccc3)n2)c1. The largest absolute Gasteiger partial charge is 0.241 e. The lowest BCUT2D eigenvalue weighted by atomic mass is 10.1. The maximum atomic E-state index is 8.95. The summed E-state index contributed by atoms with van der Waals surface area (Å²) in [6.07, 6.45) is 2.50. The Bertz CT molecular complexity index is 810. The third-order valence-electron chi connectivity index (χ3n) is 3.07. The van der Waals surface area contributed by atoms with Gasteiger partial charge in [0.1, 0.15) is 10.9 Å². The smallest absolute Gasteiger partial charge is 0.133 e. The van der Waals surface area contributed by atoms with Gasteiger partial charge in [-0.05, 0) is 29.8 Å². The molecule has 1 aromatic heterocycles. The van der Waals surface area contributed by atoms with Gasteiger partial charge in [-0.2, -0.15) is 5.26 Å². The summed E-state index contributed by atoms with van der Waals surface area (Å²) >= 11 is 1.54. The Labute approximate surface area is 133 Å². The van der Waals surface area contributed by atoms with Crippen molar-refractivity contribution in [3.8, 4) is 6.07 Å². The predicted molar refractivity (Wildman–Crippen MR) is 86.6 cm³/mol. The minimum Gasteiger partial charge on any atom is -0.241 e. The lowest BCUT2D eigenvalue weighted by Crippen LogP contribution is -1.96. The molecule has 0 bridgehead atoms. The Morgan fingerprint density at radius 2 is 1.86 bits per heavy atom. The van der Waals surface area contributed by atoms with E-state index in [0.29, 0.717) is 12.0 Å². The van der Waals surface area contributed by atoms with Gasteiger partial charge in [-0.25, -0.2) is 9.97 Å². The van der Waals surface area contributed by atoms with Crippen LogP contribution in [0.15, 0.2) is 76.8 Å². The van der Waals surface area contributed by atoms with Crippen molar-refractivity contribution in [2.24, 2.45) is 0 Å². The summed E-state index contributed by atoms with van der Waals surface area (Å²) in [5.41, 5.74) is 1.85. The predicted octanol–water partition coefficient (Wildman–Crippen LogP) is 4.09. The second-order valence-corrected chi connectivity index (χ2v) is 5.81. The lowest BCUT2D eigenvalue weighted by Gasteiger charge is -2.04. The number of hydrogen-bond donors (Lipinski definition) is 0. The highest BCUT2D eigenvalue weighted by molar-refractivity contribution is 7.99. The zero-order chi connectivity index (χ0) is 15.2. The van der Waals surface area contributed by atoms with Crippen molar-refractivity contribution < 1.29 is 0 Å². The third-order valence-corrected chi connectivity index (χ3v) is 4.00. The maximum absolute atomic E-state index is 8.95. The topological polar surface area (TPSA) is 49.6 Å². The Hall–Kier alpha value is -2.64. The first-order chi connectivity index (χ1) is 10.8. The summed E-state index contributed by atoms with van der Waals surface area (Å²) in [7, 11) is 0. The van der Waals surface area contributed by atoms with E-state index in [2.05, 4.69) is 28.2 Å². The van der Waals surface area contributed by atoms with Gasteiger partial charge < -0.3 is 0 Å². The summed E-state index contributed by atoms with van der Waals surface area (Å²) in [5.74, 6) is 0.799. The van der Waals surface area contributed by atoms with Crippen LogP contribution in [-0.4, -0.2) is 9.97 Å². The van der Waals surface area contributed by atoms with Crippen LogP contribution in [0.4, 0.5) is 0 Å². The van der Waals surface area contributed by atoms with Gasteiger partial charge in [0.15, 0.2) is 0 Å². The van der Waals surface area contributed by atoms with E-state index < -0.39 is 0 Å². The first-order valence-corrected chi connectivity index (χ1v) is 7.69. The number of benzene rings is 2. The van der Waals surface area contributed by atoms with Gasteiger partial charge in [0, 0.05) is 17.5 Å². The number of aromatic nitrogens is 2. The monoisotopic (exact) mass is 303 g/mol. The van der Waals surface area contributed by atoms with Crippen molar-refractivity contribution >= 4 is 11.8 Å². The standard InChI is InChI=1S/C18H13N3S/c19-13-15-7-4-8-16(11-15)22-18-9-10-20-17(21-18)12-14-5-2-1-3-6-14/h1-11H,12H2. The van der Waals surface area contributed by atoms with E-state index >= 15 is 0 Å². The van der Waals surface area contributed by atoms with E-state index in [1.807, 2.05) is 42.5 Å². The molecule has 0 saturated heterocycles. The molecule has 0 atom stereocenters. The lowest BCUT2D eigenvalue weighted by molar-refractivity contribution is 0.910. The molecule has 106 valence electrons. The van der Waals surface area contributed by atoms with Gasteiger partial charge in [0.25, 0.3) is 0 Å². The molecule has 2 aromatic carbocycles. The summed E-state index contributed by atoms with van der Waals surface area (Å²) < 4.78 is 0. The van der Waals surface area contributed by atoms with Crippen molar-refractivity contribution in [1.29, 1.82) is 5.26 Å². The number of hydrogen-bond acceptors (Lipinski definition) is 4. The Morgan fingerprint density at radius 3 is 2.68 bits per heavy atom. The maximum Gasteiger partial charge on any atom is 0.133 e. The molecular weight excluding hydrogens is 290 g/mol. The molecule has 0 amide bonds. The van der Waals surface area contributed by atoms with Gasteiger partial charge in [0.05, 0.1) is 11.6 Å². The van der Waals surface area contributed by atoms with Crippen molar-refractivity contribution in [3.63, 3.8) is 0 Å². The van der Waals surface area contributed by atoms with Gasteiger partial charge >= 0.3 is 0 Å². The molecule has 0 aliphatic heterocycles. The summed E-state index contributed by atoms with van der Waals surface area (Å²) in [5, 5.41) is 9.84. The van der Waals surface area contributed by atoms with Gasteiger partial charge in [-0.1, -0.05) is 48.2 Å². The minimum atomic E-state index is 0.656. The van der Waals surface area contributed by atoms with E-state index in [1.165, 1.54) is 17.3 Å². The summed E-state index contributed by atoms with van der Waals surface area (Å²) in [6, 6.07) is 21.7. The van der Waals surface area contributed by atoms with E-state index in [0.717, 1.165) is 15.7 Å². The summed E-state index contributed by atoms with van der Waals surface area (Å²) in [4.78, 5) is 9.92. The van der Waals surface area contributed by atoms with Crippen LogP contribution in [0, 0.1) is 11.3 Å². The molecule has 0 radical (unpaired) electrons. The van der Waals surface area contributed by atoms with Crippen molar-refractivity contribution in [3.05, 3.63) is 83.8 Å². The zero-order valence-corrected chi connectivity index (χ0v) is 12.6. The molecule has 0 aliphatic carbocycles. The van der Waals surface area contributed by atoms with Crippen LogP contribution in [0.3, 0.4) is 0 Å². The molecule has 22 heavy (non-hydrogen) atoms. The van der Waals surface area contributed by atoms with E-state index in [1.54, 1.807) is 12.3 Å². The average Bonchev–Trinajstić information content (AvgIpc) is 2.56. The van der Waals surface area contributed by atoms with Gasteiger partial charge in [0.2, 0.25) is 0 Å². The van der Waals surface area contributed by atoms with E-state index in [-0.39, 0.29) is 0 Å². The van der Waals surface area contributed by atoms with E-state index in [9.17, 15) is 0 Å². The van der Waals surface area contributed by atoms with Crippen LogP contribution in [0.25, 0.3) is 0 Å². The fraction of sp³-hybridized carbons (Fsp3) is 0.0556. The molecule has 0 fully saturated rings. The second-order valence-electron chi connectivity index (χ2n) is 4.72. The molecule has 3 nitrogen and oxygen atoms in total. The van der Waals surface area contributed by atoms with Crippen LogP contribution in [0.1, 0.15) is 17.0 Å². The van der Waals surface area contributed by atoms with Crippen LogP contribution < -0.4 is 0 Å². The highest BCUT2D eigenvalue weighted by Gasteiger charge is 2.04. The number of nitrogens with zero attached hydrogens (tertiary/aromatic N) is 3. The number of nitriles is 1. The zero-order valence-electron chi connectivity index (χ0n) is 11.8. The molecule has 4 heteroatoms. The number of rotatable bonds is 4. The molecule has 3 aromatic rings. The first kappa shape index (κ1) is 14.3. The molecule has 0 unspecified atom stereocenters. The quantitative estimate of drug-likeness (QED) is 0.681. The highest BCUT2D eigenvalue weighted by atomic mass is 32.2. The Kier molecular flexibility index (Phi) is 4.47. The first-order valence-electron chi connectivity index (χ1n) is 6.87. The molecule has 0 aliphatic rings. The molecule has 1 heterocycles. The normalized spacial score (nSPS) is 10.1. The van der Waals surface area contributed by atoms with Crippen LogP contribution in [0.5, 0.6) is 0 Å². The van der Waals surface area contributed by atoms with Crippen molar-refractivity contribution in [2.45, 2.75) is 16.3 Å². The molecule has 0 saturated carbocycles. The molecule has 0 N–H and O–H groups in total. The fourth-order valence-electron chi connectivity index (χ4n) is 2.05. The van der Waals surface area contributed by atoms with Crippen molar-refractivity contribution in [1.82, 2.24) is 9.97 Å². The van der Waals surface area contributed by atoms with Gasteiger partial charge in [-0.3, -0.25) is 0 Å². The van der Waals surface area contributed by atoms with E-state index in [4.69, 9.17) is 5.26 Å². The summed E-state index contributed by atoms with van der Waals surface area (Å²) in [6.45, 7) is 0. The van der Waals surface area contributed by atoms with Crippen LogP contribution >= 0.6 is 11.8 Å². The van der Waals surface area contributed by atoms with Crippen molar-refractivity contribution in [2.75, 3.05) is 0 Å². The third kappa shape index (κ3) is 3.72. The second kappa shape index (κ2) is 6.88. The van der Waals surface area contributed by atoms with Gasteiger partial charge in [-0.15, -0.1) is 0 Å². The molecular formula is C18H13N3S. The van der Waals surface area contributed by atoms with Crippen LogP contribution in [-0.2, 0) is 6.42 Å². The Balaban J connectivity index is 1.78. The highest BCUT2D eigenvalue weighted by Crippen LogP contribution is 2.26. The van der Waals surface area contributed by atoms with Crippen LogP contribution in [0.2, 0.25) is 0 Å². The molecule has 3 rings (SSSR count). The minimum absolute atomic E-state index is 0.656.